The maximum absolute atomic E-state index is 12.4. The van der Waals surface area contributed by atoms with Crippen LogP contribution in [0.4, 0.5) is 5.69 Å². The summed E-state index contributed by atoms with van der Waals surface area (Å²) in [7, 11) is 4.06. The van der Waals surface area contributed by atoms with Crippen molar-refractivity contribution in [3.05, 3.63) is 69.8 Å². The van der Waals surface area contributed by atoms with Crippen LogP contribution in [-0.2, 0) is 0 Å². The van der Waals surface area contributed by atoms with Gasteiger partial charge in [-0.2, -0.15) is 0 Å². The van der Waals surface area contributed by atoms with Gasteiger partial charge < -0.3 is 10.2 Å². The molecule has 0 aliphatic heterocycles. The molecule has 0 fully saturated rings. The van der Waals surface area contributed by atoms with Crippen molar-refractivity contribution in [1.82, 2.24) is 5.32 Å². The fourth-order valence-corrected chi connectivity index (χ4v) is 3.16. The summed E-state index contributed by atoms with van der Waals surface area (Å²) in [6, 6.07) is 14.6. The van der Waals surface area contributed by atoms with E-state index >= 15 is 0 Å². The van der Waals surface area contributed by atoms with Crippen LogP contribution in [0.25, 0.3) is 0 Å². The number of hydrogen-bond donors (Lipinski definition) is 2. The van der Waals surface area contributed by atoms with Crippen LogP contribution in [0.2, 0.25) is 0 Å². The van der Waals surface area contributed by atoms with E-state index in [0.717, 1.165) is 5.56 Å². The van der Waals surface area contributed by atoms with E-state index in [0.29, 0.717) is 17.0 Å². The Labute approximate surface area is 151 Å². The highest BCUT2D eigenvalue weighted by atomic mass is 32.2. The molecule has 0 heterocycles. The zero-order chi connectivity index (χ0) is 18.4. The van der Waals surface area contributed by atoms with Gasteiger partial charge in [0.05, 0.1) is 30.5 Å². The highest BCUT2D eigenvalue weighted by molar-refractivity contribution is 7.98. The van der Waals surface area contributed by atoms with Crippen molar-refractivity contribution in [2.24, 2.45) is 0 Å². The third kappa shape index (κ3) is 4.80. The first-order valence-electron chi connectivity index (χ1n) is 7.89. The van der Waals surface area contributed by atoms with Gasteiger partial charge in [0.25, 0.3) is 11.6 Å². The van der Waals surface area contributed by atoms with Gasteiger partial charge in [-0.25, -0.2) is 0 Å². The molecule has 2 aromatic rings. The summed E-state index contributed by atoms with van der Waals surface area (Å²) >= 11 is 1.29. The summed E-state index contributed by atoms with van der Waals surface area (Å²) in [6.45, 7) is 0.448. The number of carbonyl (C=O) groups is 1. The van der Waals surface area contributed by atoms with Crippen molar-refractivity contribution in [2.45, 2.75) is 10.9 Å². The molecule has 25 heavy (non-hydrogen) atoms. The molecule has 0 aliphatic rings. The molecular formula is C18H22N3O3S+. The molecule has 0 unspecified atom stereocenters. The first-order valence-corrected chi connectivity index (χ1v) is 9.12. The maximum atomic E-state index is 12.4. The van der Waals surface area contributed by atoms with Gasteiger partial charge in [-0.05, 0) is 18.4 Å². The standard InChI is InChI=1S/C18H21N3O3S/c1-20(2)16(13-7-5-4-6-8-13)12-19-18(22)14-9-10-17(25-3)15(11-14)21(23)24/h4-11,16H,12H2,1-3H3,(H,19,22)/p+1/t16-/m1/s1. The predicted molar refractivity (Wildman–Crippen MR) is 99.2 cm³/mol. The Morgan fingerprint density at radius 1 is 1.24 bits per heavy atom. The Balaban J connectivity index is 2.13. The van der Waals surface area contributed by atoms with Crippen molar-refractivity contribution in [2.75, 3.05) is 26.9 Å². The number of carbonyl (C=O) groups excluding carboxylic acids is 1. The summed E-state index contributed by atoms with van der Waals surface area (Å²) in [5.74, 6) is -0.307. The lowest BCUT2D eigenvalue weighted by molar-refractivity contribution is -0.890. The average molecular weight is 360 g/mol. The number of likely N-dealkylation sites (N-methyl/N-ethyl adjacent to an activating group) is 1. The van der Waals surface area contributed by atoms with E-state index in [9.17, 15) is 14.9 Å². The van der Waals surface area contributed by atoms with E-state index < -0.39 is 4.92 Å². The minimum absolute atomic E-state index is 0.0435. The molecular weight excluding hydrogens is 338 g/mol. The van der Waals surface area contributed by atoms with E-state index in [1.54, 1.807) is 18.4 Å². The number of benzene rings is 2. The Morgan fingerprint density at radius 3 is 2.48 bits per heavy atom. The van der Waals surface area contributed by atoms with Crippen molar-refractivity contribution < 1.29 is 14.6 Å². The molecule has 0 aliphatic carbocycles. The summed E-state index contributed by atoms with van der Waals surface area (Å²) < 4.78 is 0. The predicted octanol–water partition coefficient (Wildman–Crippen LogP) is 1.93. The summed E-state index contributed by atoms with van der Waals surface area (Å²) in [6.07, 6.45) is 1.77. The van der Waals surface area contributed by atoms with Gasteiger partial charge in [0.2, 0.25) is 0 Å². The fraction of sp³-hybridized carbons (Fsp3) is 0.278. The highest BCUT2D eigenvalue weighted by Crippen LogP contribution is 2.28. The highest BCUT2D eigenvalue weighted by Gasteiger charge is 2.21. The van der Waals surface area contributed by atoms with Crippen molar-refractivity contribution >= 4 is 23.4 Å². The van der Waals surface area contributed by atoms with Crippen LogP contribution in [0.3, 0.4) is 0 Å². The number of nitro groups is 1. The van der Waals surface area contributed by atoms with E-state index in [2.05, 4.69) is 5.32 Å². The second-order valence-corrected chi connectivity index (χ2v) is 6.74. The smallest absolute Gasteiger partial charge is 0.283 e. The molecule has 1 atom stereocenters. The lowest BCUT2D eigenvalue weighted by Crippen LogP contribution is -3.07. The quantitative estimate of drug-likeness (QED) is 0.449. The number of rotatable bonds is 7. The van der Waals surface area contributed by atoms with Crippen molar-refractivity contribution in [1.29, 1.82) is 0 Å². The van der Waals surface area contributed by atoms with Crippen molar-refractivity contribution in [3.8, 4) is 0 Å². The van der Waals surface area contributed by atoms with Gasteiger partial charge in [0.15, 0.2) is 0 Å². The zero-order valence-electron chi connectivity index (χ0n) is 14.5. The first kappa shape index (κ1) is 19.0. The zero-order valence-corrected chi connectivity index (χ0v) is 15.3. The Morgan fingerprint density at radius 2 is 1.92 bits per heavy atom. The number of amides is 1. The molecule has 6 nitrogen and oxygen atoms in total. The molecule has 2 aromatic carbocycles. The fourth-order valence-electron chi connectivity index (χ4n) is 2.61. The van der Waals surface area contributed by atoms with E-state index in [-0.39, 0.29) is 17.6 Å². The third-order valence-electron chi connectivity index (χ3n) is 4.00. The molecule has 2 N–H and O–H groups in total. The summed E-state index contributed by atoms with van der Waals surface area (Å²) in [5.41, 5.74) is 1.38. The lowest BCUT2D eigenvalue weighted by Gasteiger charge is -2.22. The topological polar surface area (TPSA) is 76.7 Å². The normalized spacial score (nSPS) is 12.0. The Bertz CT molecular complexity index is 750. The lowest BCUT2D eigenvalue weighted by atomic mass is 10.1. The Hall–Kier alpha value is -2.38. The molecule has 0 spiro atoms. The molecule has 0 aromatic heterocycles. The molecule has 1 amide bonds. The molecule has 132 valence electrons. The number of nitro benzene ring substituents is 1. The molecule has 2 rings (SSSR count). The number of hydrogen-bond acceptors (Lipinski definition) is 4. The van der Waals surface area contributed by atoms with Crippen molar-refractivity contribution in [3.63, 3.8) is 0 Å². The van der Waals surface area contributed by atoms with Gasteiger partial charge >= 0.3 is 0 Å². The second-order valence-electron chi connectivity index (χ2n) is 5.89. The van der Waals surface area contributed by atoms with Crippen LogP contribution in [0.15, 0.2) is 53.4 Å². The third-order valence-corrected chi connectivity index (χ3v) is 4.79. The molecule has 0 radical (unpaired) electrons. The average Bonchev–Trinajstić information content (AvgIpc) is 2.61. The van der Waals surface area contributed by atoms with Crippen LogP contribution < -0.4 is 10.2 Å². The Kier molecular flexibility index (Phi) is 6.55. The molecule has 0 saturated carbocycles. The van der Waals surface area contributed by atoms with Crippen LogP contribution in [0, 0.1) is 10.1 Å². The number of nitrogens with zero attached hydrogens (tertiary/aromatic N) is 1. The number of thioether (sulfide) groups is 1. The van der Waals surface area contributed by atoms with E-state index in [4.69, 9.17) is 0 Å². The number of nitrogens with one attached hydrogen (secondary N) is 2. The minimum Gasteiger partial charge on any atom is -0.346 e. The van der Waals surface area contributed by atoms with Gasteiger partial charge in [-0.15, -0.1) is 11.8 Å². The van der Waals surface area contributed by atoms with Crippen LogP contribution in [0.5, 0.6) is 0 Å². The molecule has 7 heteroatoms. The van der Waals surface area contributed by atoms with Crippen LogP contribution in [0.1, 0.15) is 22.0 Å². The van der Waals surface area contributed by atoms with Gasteiger partial charge in [-0.3, -0.25) is 14.9 Å². The summed E-state index contributed by atoms with van der Waals surface area (Å²) in [5, 5.41) is 14.0. The monoisotopic (exact) mass is 360 g/mol. The molecule has 0 saturated heterocycles. The van der Waals surface area contributed by atoms with Gasteiger partial charge in [0, 0.05) is 17.2 Å². The maximum Gasteiger partial charge on any atom is 0.283 e. The van der Waals surface area contributed by atoms with Crippen LogP contribution >= 0.6 is 11.8 Å². The second kappa shape index (κ2) is 8.64. The SMILES string of the molecule is CSc1ccc(C(=O)NC[C@H](c2ccccc2)[NH+](C)C)cc1[N+](=O)[O-]. The first-order chi connectivity index (χ1) is 11.9. The van der Waals surface area contributed by atoms with Gasteiger partial charge in [-0.1, -0.05) is 30.3 Å². The minimum atomic E-state index is -0.459. The summed E-state index contributed by atoms with van der Waals surface area (Å²) in [4.78, 5) is 24.9. The largest absolute Gasteiger partial charge is 0.346 e. The van der Waals surface area contributed by atoms with Crippen LogP contribution in [-0.4, -0.2) is 37.7 Å². The number of quaternary nitrogens is 1. The molecule has 0 bridgehead atoms. The van der Waals surface area contributed by atoms with Gasteiger partial charge in [0.1, 0.15) is 6.04 Å². The van der Waals surface area contributed by atoms with E-state index in [1.807, 2.05) is 44.4 Å². The van der Waals surface area contributed by atoms with E-state index in [1.165, 1.54) is 22.7 Å².